The summed E-state index contributed by atoms with van der Waals surface area (Å²) in [6.45, 7) is 4.82. The second-order valence-corrected chi connectivity index (χ2v) is 11.8. The molecule has 0 saturated heterocycles. The monoisotopic (exact) mass is 563 g/mol. The fourth-order valence-electron chi connectivity index (χ4n) is 4.27. The lowest BCUT2D eigenvalue weighted by molar-refractivity contribution is -0.140. The van der Waals surface area contributed by atoms with Gasteiger partial charge in [0.2, 0.25) is 21.8 Å². The Bertz CT molecular complexity index is 1410. The van der Waals surface area contributed by atoms with Crippen LogP contribution >= 0.6 is 0 Å². The molecule has 212 valence electrons. The van der Waals surface area contributed by atoms with Crippen LogP contribution in [0.3, 0.4) is 0 Å². The molecule has 0 saturated carbocycles. The van der Waals surface area contributed by atoms with Gasteiger partial charge in [-0.3, -0.25) is 18.7 Å². The van der Waals surface area contributed by atoms with Crippen molar-refractivity contribution in [2.24, 2.45) is 0 Å². The van der Waals surface area contributed by atoms with Crippen molar-refractivity contribution in [2.45, 2.75) is 52.2 Å². The highest BCUT2D eigenvalue weighted by Crippen LogP contribution is 2.22. The van der Waals surface area contributed by atoms with Crippen molar-refractivity contribution < 1.29 is 22.8 Å². The summed E-state index contributed by atoms with van der Waals surface area (Å²) in [5.74, 6) is -1.08. The Balaban J connectivity index is 2.06. The molecule has 3 aromatic rings. The van der Waals surface area contributed by atoms with E-state index in [9.17, 15) is 22.8 Å². The van der Waals surface area contributed by atoms with Gasteiger partial charge in [-0.15, -0.1) is 0 Å². The fourth-order valence-corrected chi connectivity index (χ4v) is 5.11. The number of anilines is 1. The van der Waals surface area contributed by atoms with Gasteiger partial charge in [-0.2, -0.15) is 0 Å². The smallest absolute Gasteiger partial charge is 0.244 e. The summed E-state index contributed by atoms with van der Waals surface area (Å²) in [7, 11) is -3.92. The molecule has 3 aromatic carbocycles. The third kappa shape index (κ3) is 8.51. The average molecular weight is 564 g/mol. The van der Waals surface area contributed by atoms with Crippen LogP contribution in [0.15, 0.2) is 84.9 Å². The van der Waals surface area contributed by atoms with E-state index < -0.39 is 28.5 Å². The number of amides is 2. The Morgan fingerprint density at radius 1 is 0.875 bits per heavy atom. The first-order valence-corrected chi connectivity index (χ1v) is 15.1. The van der Waals surface area contributed by atoms with Gasteiger partial charge < -0.3 is 10.2 Å². The Kier molecular flexibility index (Phi) is 10.6. The van der Waals surface area contributed by atoms with Crippen LogP contribution in [0.1, 0.15) is 48.7 Å². The molecule has 40 heavy (non-hydrogen) atoms. The summed E-state index contributed by atoms with van der Waals surface area (Å²) >= 11 is 0. The highest BCUT2D eigenvalue weighted by Gasteiger charge is 2.33. The maximum Gasteiger partial charge on any atom is 0.244 e. The van der Waals surface area contributed by atoms with E-state index in [0.29, 0.717) is 12.0 Å². The Morgan fingerprint density at radius 2 is 1.48 bits per heavy atom. The van der Waals surface area contributed by atoms with Crippen LogP contribution in [0.5, 0.6) is 0 Å². The van der Waals surface area contributed by atoms with Gasteiger partial charge in [0.05, 0.1) is 11.9 Å². The van der Waals surface area contributed by atoms with Gasteiger partial charge in [0, 0.05) is 24.6 Å². The van der Waals surface area contributed by atoms with Crippen molar-refractivity contribution in [1.82, 2.24) is 10.2 Å². The SMILES string of the molecule is CC[C@H](C)NC(=O)[C@@H](Cc1ccccc1)N(Cc1ccccc1)C(=O)CN(c1cccc(C(C)=O)c1)S(C)(=O)=O. The highest BCUT2D eigenvalue weighted by molar-refractivity contribution is 7.92. The molecule has 0 aliphatic heterocycles. The normalized spacial score (nSPS) is 12.7. The summed E-state index contributed by atoms with van der Waals surface area (Å²) < 4.78 is 26.8. The zero-order valence-electron chi connectivity index (χ0n) is 23.4. The predicted octanol–water partition coefficient (Wildman–Crippen LogP) is 4.21. The van der Waals surface area contributed by atoms with E-state index in [2.05, 4.69) is 5.32 Å². The van der Waals surface area contributed by atoms with Crippen molar-refractivity contribution in [3.8, 4) is 0 Å². The number of nitrogens with zero attached hydrogens (tertiary/aromatic N) is 2. The summed E-state index contributed by atoms with van der Waals surface area (Å²) in [5, 5.41) is 3.00. The summed E-state index contributed by atoms with van der Waals surface area (Å²) in [6, 6.07) is 23.8. The lowest BCUT2D eigenvalue weighted by Gasteiger charge is -2.34. The first kappa shape index (κ1) is 30.6. The number of ketones is 1. The summed E-state index contributed by atoms with van der Waals surface area (Å²) in [6.07, 6.45) is 1.98. The second kappa shape index (κ2) is 13.9. The van der Waals surface area contributed by atoms with Gasteiger partial charge in [-0.25, -0.2) is 8.42 Å². The molecule has 3 rings (SSSR count). The highest BCUT2D eigenvalue weighted by atomic mass is 32.2. The molecule has 0 aliphatic rings. The number of hydrogen-bond acceptors (Lipinski definition) is 5. The number of benzene rings is 3. The topological polar surface area (TPSA) is 104 Å². The standard InChI is InChI=1S/C31H37N3O5S/c1-5-23(2)32-31(37)29(19-25-13-8-6-9-14-25)33(21-26-15-10-7-11-16-26)30(36)22-34(40(4,38)39)28-18-12-17-27(20-28)24(3)35/h6-18,20,23,29H,5,19,21-22H2,1-4H3,(H,32,37)/t23-,29+/m0/s1. The van der Waals surface area contributed by atoms with Crippen molar-refractivity contribution in [2.75, 3.05) is 17.1 Å². The number of hydrogen-bond donors (Lipinski definition) is 1. The molecule has 0 heterocycles. The van der Waals surface area contributed by atoms with Gasteiger partial charge in [-0.1, -0.05) is 79.7 Å². The van der Waals surface area contributed by atoms with Crippen molar-refractivity contribution in [3.05, 3.63) is 102 Å². The van der Waals surface area contributed by atoms with E-state index in [4.69, 9.17) is 0 Å². The maximum absolute atomic E-state index is 14.1. The largest absolute Gasteiger partial charge is 0.352 e. The lowest BCUT2D eigenvalue weighted by atomic mass is 10.0. The predicted molar refractivity (Wildman–Crippen MR) is 157 cm³/mol. The molecule has 0 unspecified atom stereocenters. The van der Waals surface area contributed by atoms with Crippen LogP contribution in [-0.2, 0) is 32.6 Å². The van der Waals surface area contributed by atoms with E-state index in [1.54, 1.807) is 18.2 Å². The van der Waals surface area contributed by atoms with Crippen molar-refractivity contribution in [1.29, 1.82) is 0 Å². The third-order valence-corrected chi connectivity index (χ3v) is 7.83. The molecule has 1 N–H and O–H groups in total. The second-order valence-electron chi connectivity index (χ2n) is 9.91. The van der Waals surface area contributed by atoms with E-state index in [1.165, 1.54) is 17.9 Å². The van der Waals surface area contributed by atoms with Crippen molar-refractivity contribution in [3.63, 3.8) is 0 Å². The zero-order chi connectivity index (χ0) is 29.3. The molecule has 2 atom stereocenters. The maximum atomic E-state index is 14.1. The van der Waals surface area contributed by atoms with Gasteiger partial charge in [0.25, 0.3) is 0 Å². The molecular weight excluding hydrogens is 526 g/mol. The lowest BCUT2D eigenvalue weighted by Crippen LogP contribution is -2.54. The number of Topliss-reactive ketones (excluding diaryl/α,β-unsaturated/α-hetero) is 1. The quantitative estimate of drug-likeness (QED) is 0.314. The molecule has 0 spiro atoms. The first-order valence-electron chi connectivity index (χ1n) is 13.3. The molecular formula is C31H37N3O5S. The van der Waals surface area contributed by atoms with Crippen LogP contribution in [0, 0.1) is 0 Å². The van der Waals surface area contributed by atoms with E-state index in [1.807, 2.05) is 74.5 Å². The van der Waals surface area contributed by atoms with Crippen molar-refractivity contribution >= 4 is 33.3 Å². The molecule has 0 aromatic heterocycles. The molecule has 2 amide bonds. The number of carbonyl (C=O) groups excluding carboxylic acids is 3. The number of nitrogens with one attached hydrogen (secondary N) is 1. The summed E-state index contributed by atoms with van der Waals surface area (Å²) in [4.78, 5) is 41.1. The molecule has 0 radical (unpaired) electrons. The van der Waals surface area contributed by atoms with Gasteiger partial charge in [0.15, 0.2) is 5.78 Å². The minimum absolute atomic E-state index is 0.107. The summed E-state index contributed by atoms with van der Waals surface area (Å²) in [5.41, 5.74) is 2.20. The number of carbonyl (C=O) groups is 3. The van der Waals surface area contributed by atoms with Crippen LogP contribution in [0.2, 0.25) is 0 Å². The Hall–Kier alpha value is -3.98. The van der Waals surface area contributed by atoms with Gasteiger partial charge in [-0.05, 0) is 43.5 Å². The zero-order valence-corrected chi connectivity index (χ0v) is 24.2. The van der Waals surface area contributed by atoms with E-state index in [-0.39, 0.29) is 36.4 Å². The minimum Gasteiger partial charge on any atom is -0.352 e. The Labute approximate surface area is 237 Å². The molecule has 8 nitrogen and oxygen atoms in total. The van der Waals surface area contributed by atoms with Crippen LogP contribution in [0.25, 0.3) is 0 Å². The van der Waals surface area contributed by atoms with Gasteiger partial charge >= 0.3 is 0 Å². The van der Waals surface area contributed by atoms with Crippen LogP contribution in [-0.4, -0.2) is 55.8 Å². The first-order chi connectivity index (χ1) is 19.0. The minimum atomic E-state index is -3.92. The van der Waals surface area contributed by atoms with Crippen LogP contribution < -0.4 is 9.62 Å². The molecule has 0 aliphatic carbocycles. The van der Waals surface area contributed by atoms with E-state index in [0.717, 1.165) is 21.7 Å². The van der Waals surface area contributed by atoms with Gasteiger partial charge in [0.1, 0.15) is 12.6 Å². The van der Waals surface area contributed by atoms with Crippen LogP contribution in [0.4, 0.5) is 5.69 Å². The average Bonchev–Trinajstić information content (AvgIpc) is 2.93. The molecule has 0 bridgehead atoms. The number of rotatable bonds is 13. The molecule has 0 fully saturated rings. The third-order valence-electron chi connectivity index (χ3n) is 6.69. The molecule has 9 heteroatoms. The van der Waals surface area contributed by atoms with E-state index >= 15 is 0 Å². The Morgan fingerprint density at radius 3 is 2.02 bits per heavy atom. The number of sulfonamides is 1. The fraction of sp³-hybridized carbons (Fsp3) is 0.323.